The van der Waals surface area contributed by atoms with Crippen LogP contribution in [0.25, 0.3) is 0 Å². The lowest BCUT2D eigenvalue weighted by Crippen LogP contribution is -2.50. The number of carbonyl (C=O) groups is 1. The van der Waals surface area contributed by atoms with Crippen molar-refractivity contribution in [1.29, 1.82) is 0 Å². The van der Waals surface area contributed by atoms with Gasteiger partial charge in [-0.2, -0.15) is 0 Å². The van der Waals surface area contributed by atoms with Crippen molar-refractivity contribution in [3.8, 4) is 0 Å². The van der Waals surface area contributed by atoms with Crippen LogP contribution in [0.1, 0.15) is 62.3 Å². The van der Waals surface area contributed by atoms with Crippen LogP contribution < -0.4 is 5.73 Å². The quantitative estimate of drug-likeness (QED) is 0.811. The molecule has 2 saturated carbocycles. The highest BCUT2D eigenvalue weighted by molar-refractivity contribution is 7.10. The summed E-state index contributed by atoms with van der Waals surface area (Å²) in [6.45, 7) is 0.860. The number of nitrogens with zero attached hydrogens (tertiary/aromatic N) is 1. The average molecular weight is 399 g/mol. The number of nitrogens with two attached hydrogens (primary N) is 1. The summed E-state index contributed by atoms with van der Waals surface area (Å²) in [4.78, 5) is 16.3. The van der Waals surface area contributed by atoms with Gasteiger partial charge in [0.2, 0.25) is 5.91 Å². The second-order valence-electron chi connectivity index (χ2n) is 8.29. The number of rotatable bonds is 4. The van der Waals surface area contributed by atoms with E-state index in [-0.39, 0.29) is 24.4 Å². The minimum absolute atomic E-state index is 0. The Labute approximate surface area is 166 Å². The van der Waals surface area contributed by atoms with E-state index in [2.05, 4.69) is 4.90 Å². The largest absolute Gasteiger partial charge is 0.387 e. The Balaban J connectivity index is 0.00000196. The summed E-state index contributed by atoms with van der Waals surface area (Å²) >= 11 is 1.60. The van der Waals surface area contributed by atoms with Crippen molar-refractivity contribution in [1.82, 2.24) is 4.90 Å². The lowest BCUT2D eigenvalue weighted by atomic mass is 9.65. The van der Waals surface area contributed by atoms with Gasteiger partial charge >= 0.3 is 0 Å². The van der Waals surface area contributed by atoms with E-state index < -0.39 is 6.10 Å². The smallest absolute Gasteiger partial charge is 0.225 e. The molecular formula is C20H31ClN2O2S. The molecule has 0 radical (unpaired) electrons. The number of aliphatic hydroxyl groups excluding tert-OH is 1. The molecule has 0 spiro atoms. The second-order valence-corrected chi connectivity index (χ2v) is 9.27. The molecule has 3 aliphatic rings. The average Bonchev–Trinajstić information content (AvgIpc) is 3.25. The molecular weight excluding hydrogens is 368 g/mol. The third kappa shape index (κ3) is 3.96. The molecule has 2 aliphatic carbocycles. The van der Waals surface area contributed by atoms with E-state index in [1.165, 1.54) is 19.3 Å². The number of likely N-dealkylation sites (tertiary alicyclic amines) is 1. The van der Waals surface area contributed by atoms with Crippen molar-refractivity contribution in [2.24, 2.45) is 23.5 Å². The van der Waals surface area contributed by atoms with Gasteiger partial charge in [-0.3, -0.25) is 4.79 Å². The predicted octanol–water partition coefficient (Wildman–Crippen LogP) is 3.74. The molecule has 1 aromatic rings. The first-order valence-electron chi connectivity index (χ1n) is 9.91. The van der Waals surface area contributed by atoms with Gasteiger partial charge < -0.3 is 15.7 Å². The van der Waals surface area contributed by atoms with Crippen LogP contribution in [0.15, 0.2) is 17.5 Å². The molecule has 4 unspecified atom stereocenters. The van der Waals surface area contributed by atoms with Gasteiger partial charge in [-0.25, -0.2) is 0 Å². The summed E-state index contributed by atoms with van der Waals surface area (Å²) in [7, 11) is 0. The number of hydrogen-bond acceptors (Lipinski definition) is 4. The van der Waals surface area contributed by atoms with Crippen LogP contribution in [0.4, 0.5) is 0 Å². The summed E-state index contributed by atoms with van der Waals surface area (Å²) in [5.74, 6) is 1.58. The predicted molar refractivity (Wildman–Crippen MR) is 107 cm³/mol. The van der Waals surface area contributed by atoms with Gasteiger partial charge in [-0.1, -0.05) is 12.5 Å². The molecule has 3 fully saturated rings. The van der Waals surface area contributed by atoms with Gasteiger partial charge in [0.05, 0.1) is 6.10 Å². The Kier molecular flexibility index (Phi) is 6.65. The Bertz CT molecular complexity index is 583. The first-order chi connectivity index (χ1) is 12.1. The van der Waals surface area contributed by atoms with E-state index in [0.717, 1.165) is 37.1 Å². The lowest BCUT2D eigenvalue weighted by molar-refractivity contribution is -0.140. The number of hydrogen-bond donors (Lipinski definition) is 2. The second kappa shape index (κ2) is 8.59. The zero-order valence-electron chi connectivity index (χ0n) is 15.3. The van der Waals surface area contributed by atoms with E-state index >= 15 is 0 Å². The first kappa shape index (κ1) is 20.1. The van der Waals surface area contributed by atoms with Gasteiger partial charge in [0.1, 0.15) is 0 Å². The van der Waals surface area contributed by atoms with Crippen molar-refractivity contribution >= 4 is 29.7 Å². The maximum Gasteiger partial charge on any atom is 0.225 e. The van der Waals surface area contributed by atoms with Crippen LogP contribution in [0, 0.1) is 17.8 Å². The van der Waals surface area contributed by atoms with Crippen LogP contribution in [-0.2, 0) is 4.79 Å². The molecule has 4 atom stereocenters. The molecule has 2 heterocycles. The normalized spacial score (nSPS) is 35.0. The first-order valence-corrected chi connectivity index (χ1v) is 10.8. The lowest BCUT2D eigenvalue weighted by Gasteiger charge is -2.44. The maximum absolute atomic E-state index is 13.2. The number of carbonyl (C=O) groups excluding carboxylic acids is 1. The van der Waals surface area contributed by atoms with Crippen molar-refractivity contribution in [3.63, 3.8) is 0 Å². The summed E-state index contributed by atoms with van der Waals surface area (Å²) in [6.07, 6.45) is 7.94. The van der Waals surface area contributed by atoms with Crippen LogP contribution in [0.2, 0.25) is 0 Å². The Morgan fingerprint density at radius 1 is 1.27 bits per heavy atom. The molecule has 1 aliphatic heterocycles. The van der Waals surface area contributed by atoms with E-state index in [4.69, 9.17) is 5.73 Å². The van der Waals surface area contributed by atoms with Gasteiger partial charge in [-0.05, 0) is 68.2 Å². The van der Waals surface area contributed by atoms with Gasteiger partial charge in [-0.15, -0.1) is 23.7 Å². The SMILES string of the molecule is Cl.NC1C2CCCC1CC(C(=O)N1CCCC1CC(O)c1cccs1)C2. The minimum Gasteiger partial charge on any atom is -0.387 e. The number of thiophene rings is 1. The van der Waals surface area contributed by atoms with E-state index in [0.29, 0.717) is 30.2 Å². The van der Waals surface area contributed by atoms with Gasteiger partial charge in [0, 0.05) is 29.4 Å². The molecule has 1 amide bonds. The molecule has 146 valence electrons. The molecule has 4 nitrogen and oxygen atoms in total. The van der Waals surface area contributed by atoms with Crippen molar-refractivity contribution in [2.75, 3.05) is 6.54 Å². The zero-order chi connectivity index (χ0) is 17.4. The van der Waals surface area contributed by atoms with Crippen LogP contribution in [0.5, 0.6) is 0 Å². The number of fused-ring (bicyclic) bond motifs is 2. The van der Waals surface area contributed by atoms with E-state index in [1.807, 2.05) is 17.5 Å². The Morgan fingerprint density at radius 2 is 2.00 bits per heavy atom. The van der Waals surface area contributed by atoms with E-state index in [9.17, 15) is 9.90 Å². The summed E-state index contributed by atoms with van der Waals surface area (Å²) in [6, 6.07) is 4.47. The molecule has 3 N–H and O–H groups in total. The Hall–Kier alpha value is -0.620. The van der Waals surface area contributed by atoms with Crippen molar-refractivity contribution in [2.45, 2.75) is 69.6 Å². The number of aliphatic hydroxyl groups is 1. The molecule has 26 heavy (non-hydrogen) atoms. The standard InChI is InChI=1S/C20H30N2O2S.ClH/c21-19-13-4-1-5-14(19)11-15(10-13)20(24)22-8-2-6-16(22)12-17(23)18-7-3-9-25-18;/h3,7,9,13-17,19,23H,1-2,4-6,8,10-12,21H2;1H. The highest BCUT2D eigenvalue weighted by atomic mass is 35.5. The van der Waals surface area contributed by atoms with Crippen LogP contribution in [0.3, 0.4) is 0 Å². The summed E-state index contributed by atoms with van der Waals surface area (Å²) < 4.78 is 0. The maximum atomic E-state index is 13.2. The monoisotopic (exact) mass is 398 g/mol. The molecule has 2 bridgehead atoms. The minimum atomic E-state index is -0.447. The van der Waals surface area contributed by atoms with Crippen LogP contribution in [-0.4, -0.2) is 34.5 Å². The number of amides is 1. The fourth-order valence-corrected chi connectivity index (χ4v) is 6.18. The molecule has 0 aromatic carbocycles. The van der Waals surface area contributed by atoms with Gasteiger partial charge in [0.25, 0.3) is 0 Å². The highest BCUT2D eigenvalue weighted by Crippen LogP contribution is 2.43. The zero-order valence-corrected chi connectivity index (χ0v) is 16.9. The van der Waals surface area contributed by atoms with Crippen LogP contribution >= 0.6 is 23.7 Å². The third-order valence-corrected chi connectivity index (χ3v) is 7.76. The van der Waals surface area contributed by atoms with Crippen molar-refractivity contribution in [3.05, 3.63) is 22.4 Å². The molecule has 4 rings (SSSR count). The van der Waals surface area contributed by atoms with Crippen molar-refractivity contribution < 1.29 is 9.90 Å². The summed E-state index contributed by atoms with van der Waals surface area (Å²) in [5.41, 5.74) is 6.39. The molecule has 1 saturated heterocycles. The summed E-state index contributed by atoms with van der Waals surface area (Å²) in [5, 5.41) is 12.5. The molecule has 6 heteroatoms. The molecule has 1 aromatic heterocycles. The number of halogens is 1. The topological polar surface area (TPSA) is 66.6 Å². The van der Waals surface area contributed by atoms with Gasteiger partial charge in [0.15, 0.2) is 0 Å². The van der Waals surface area contributed by atoms with E-state index in [1.54, 1.807) is 11.3 Å². The highest BCUT2D eigenvalue weighted by Gasteiger charge is 2.43. The fourth-order valence-electron chi connectivity index (χ4n) is 5.45. The Morgan fingerprint density at radius 3 is 2.65 bits per heavy atom. The fraction of sp³-hybridized carbons (Fsp3) is 0.750. The third-order valence-electron chi connectivity index (χ3n) is 6.79.